The molecule has 4 heteroatoms. The summed E-state index contributed by atoms with van der Waals surface area (Å²) in [5.41, 5.74) is 1.74. The quantitative estimate of drug-likeness (QED) is 0.780. The summed E-state index contributed by atoms with van der Waals surface area (Å²) in [5.74, 6) is -0.167. The molecule has 0 heterocycles. The fraction of sp³-hybridized carbons (Fsp3) is 0.647. The van der Waals surface area contributed by atoms with Crippen LogP contribution in [0.5, 0.6) is 0 Å². The Morgan fingerprint density at radius 2 is 2.00 bits per heavy atom. The van der Waals surface area contributed by atoms with Crippen LogP contribution >= 0.6 is 0 Å². The van der Waals surface area contributed by atoms with Crippen LogP contribution in [0.4, 0.5) is 10.1 Å². The molecule has 0 amide bonds. The molecular formula is C17H29FN2O. The molecule has 0 aliphatic rings. The zero-order chi connectivity index (χ0) is 16.0. The normalized spacial score (nSPS) is 13.3. The van der Waals surface area contributed by atoms with Crippen LogP contribution in [0.2, 0.25) is 0 Å². The van der Waals surface area contributed by atoms with Gasteiger partial charge in [0.25, 0.3) is 0 Å². The highest BCUT2D eigenvalue weighted by atomic mass is 19.1. The minimum atomic E-state index is -0.167. The fourth-order valence-corrected chi connectivity index (χ4v) is 2.27. The Balaban J connectivity index is 2.94. The zero-order valence-electron chi connectivity index (χ0n) is 14.2. The molecule has 1 atom stereocenters. The number of ether oxygens (including phenoxy) is 1. The third-order valence-corrected chi connectivity index (χ3v) is 4.06. The summed E-state index contributed by atoms with van der Waals surface area (Å²) in [5, 5.41) is 3.28. The highest BCUT2D eigenvalue weighted by molar-refractivity contribution is 5.55. The van der Waals surface area contributed by atoms with Gasteiger partial charge >= 0.3 is 0 Å². The number of nitrogens with zero attached hydrogens (tertiary/aromatic N) is 1. The van der Waals surface area contributed by atoms with Crippen LogP contribution in [-0.4, -0.2) is 33.4 Å². The average Bonchev–Trinajstić information content (AvgIpc) is 2.41. The summed E-state index contributed by atoms with van der Waals surface area (Å²) < 4.78 is 19.3. The van der Waals surface area contributed by atoms with Crippen molar-refractivity contribution in [1.82, 2.24) is 5.32 Å². The number of hydrogen-bond donors (Lipinski definition) is 1. The van der Waals surface area contributed by atoms with Gasteiger partial charge in [0.15, 0.2) is 0 Å². The molecule has 0 aliphatic heterocycles. The van der Waals surface area contributed by atoms with Gasteiger partial charge in [0.1, 0.15) is 5.82 Å². The van der Waals surface area contributed by atoms with Gasteiger partial charge in [0.05, 0.1) is 12.3 Å². The number of hydrogen-bond acceptors (Lipinski definition) is 3. The van der Waals surface area contributed by atoms with Crippen molar-refractivity contribution in [3.63, 3.8) is 0 Å². The molecule has 3 nitrogen and oxygen atoms in total. The summed E-state index contributed by atoms with van der Waals surface area (Å²) in [6, 6.07) is 5.50. The van der Waals surface area contributed by atoms with Crippen LogP contribution in [-0.2, 0) is 11.3 Å². The van der Waals surface area contributed by atoms with Crippen molar-refractivity contribution < 1.29 is 9.13 Å². The second-order valence-electron chi connectivity index (χ2n) is 6.57. The maximum Gasteiger partial charge on any atom is 0.146 e. The molecule has 120 valence electrons. The largest absolute Gasteiger partial charge is 0.383 e. The number of anilines is 1. The lowest BCUT2D eigenvalue weighted by Crippen LogP contribution is -2.40. The third kappa shape index (κ3) is 4.97. The molecule has 0 saturated carbocycles. The fourth-order valence-electron chi connectivity index (χ4n) is 2.27. The summed E-state index contributed by atoms with van der Waals surface area (Å²) in [7, 11) is 3.64. The number of halogens is 1. The molecule has 0 aromatic heterocycles. The minimum absolute atomic E-state index is 0.0811. The Kier molecular flexibility index (Phi) is 6.62. The van der Waals surface area contributed by atoms with Gasteiger partial charge in [-0.2, -0.15) is 0 Å². The van der Waals surface area contributed by atoms with Crippen LogP contribution < -0.4 is 10.2 Å². The summed E-state index contributed by atoms with van der Waals surface area (Å²) in [6.45, 7) is 10.7. The maximum absolute atomic E-state index is 14.3. The van der Waals surface area contributed by atoms with Crippen molar-refractivity contribution in [2.45, 2.75) is 40.3 Å². The number of para-hydroxylation sites is 1. The second-order valence-corrected chi connectivity index (χ2v) is 6.57. The molecule has 0 radical (unpaired) electrons. The van der Waals surface area contributed by atoms with Gasteiger partial charge in [-0.3, -0.25) is 0 Å². The molecule has 1 rings (SSSR count). The lowest BCUT2D eigenvalue weighted by atomic mass is 9.86. The van der Waals surface area contributed by atoms with E-state index in [1.807, 2.05) is 18.0 Å². The Morgan fingerprint density at radius 1 is 1.33 bits per heavy atom. The lowest BCUT2D eigenvalue weighted by molar-refractivity contribution is 0.199. The second kappa shape index (κ2) is 7.76. The van der Waals surface area contributed by atoms with Crippen LogP contribution in [0, 0.1) is 11.2 Å². The van der Waals surface area contributed by atoms with Crippen LogP contribution in [0.25, 0.3) is 0 Å². The molecule has 0 aliphatic carbocycles. The smallest absolute Gasteiger partial charge is 0.146 e. The van der Waals surface area contributed by atoms with Gasteiger partial charge in [-0.25, -0.2) is 4.39 Å². The van der Waals surface area contributed by atoms with Gasteiger partial charge in [-0.05, 0) is 24.0 Å². The summed E-state index contributed by atoms with van der Waals surface area (Å²) >= 11 is 0. The standard InChI is InChI=1S/C17H29FN2O/c1-13(17(2,3)4)20(5)16-14(8-7-9-15(16)18)12-19-10-11-21-6/h7-9,13,19H,10-12H2,1-6H3. The first-order chi connectivity index (χ1) is 9.79. The van der Waals surface area contributed by atoms with Crippen molar-refractivity contribution >= 4 is 5.69 Å². The number of methoxy groups -OCH3 is 1. The average molecular weight is 296 g/mol. The highest BCUT2D eigenvalue weighted by Crippen LogP contribution is 2.31. The van der Waals surface area contributed by atoms with E-state index in [2.05, 4.69) is 33.0 Å². The Morgan fingerprint density at radius 3 is 2.57 bits per heavy atom. The van der Waals surface area contributed by atoms with Crippen molar-refractivity contribution in [1.29, 1.82) is 0 Å². The van der Waals surface area contributed by atoms with E-state index in [1.54, 1.807) is 13.2 Å². The molecule has 0 spiro atoms. The lowest BCUT2D eigenvalue weighted by Gasteiger charge is -2.38. The van der Waals surface area contributed by atoms with E-state index >= 15 is 0 Å². The van der Waals surface area contributed by atoms with Crippen molar-refractivity contribution in [2.75, 3.05) is 32.2 Å². The van der Waals surface area contributed by atoms with Gasteiger partial charge < -0.3 is 15.0 Å². The zero-order valence-corrected chi connectivity index (χ0v) is 14.2. The van der Waals surface area contributed by atoms with Crippen LogP contribution in [0.1, 0.15) is 33.3 Å². The van der Waals surface area contributed by atoms with Crippen molar-refractivity contribution in [2.24, 2.45) is 5.41 Å². The molecule has 1 unspecified atom stereocenters. The first-order valence-electron chi connectivity index (χ1n) is 7.49. The Labute approximate surface area is 128 Å². The van der Waals surface area contributed by atoms with Crippen molar-refractivity contribution in [3.05, 3.63) is 29.6 Å². The number of nitrogens with one attached hydrogen (secondary N) is 1. The molecule has 21 heavy (non-hydrogen) atoms. The predicted octanol–water partition coefficient (Wildman–Crippen LogP) is 3.43. The number of benzene rings is 1. The highest BCUT2D eigenvalue weighted by Gasteiger charge is 2.26. The molecular weight excluding hydrogens is 267 g/mol. The van der Waals surface area contributed by atoms with Crippen LogP contribution in [0.15, 0.2) is 18.2 Å². The van der Waals surface area contributed by atoms with Gasteiger partial charge in [0, 0.05) is 33.3 Å². The van der Waals surface area contributed by atoms with E-state index < -0.39 is 0 Å². The molecule has 0 fully saturated rings. The van der Waals surface area contributed by atoms with E-state index in [4.69, 9.17) is 4.74 Å². The van der Waals surface area contributed by atoms with E-state index in [9.17, 15) is 4.39 Å². The third-order valence-electron chi connectivity index (χ3n) is 4.06. The maximum atomic E-state index is 14.3. The molecule has 1 aromatic carbocycles. The first kappa shape index (κ1) is 17.9. The summed E-state index contributed by atoms with van der Waals surface area (Å²) in [4.78, 5) is 2.04. The Hall–Kier alpha value is -1.13. The van der Waals surface area contributed by atoms with Crippen LogP contribution in [0.3, 0.4) is 0 Å². The van der Waals surface area contributed by atoms with E-state index in [0.29, 0.717) is 18.8 Å². The first-order valence-corrected chi connectivity index (χ1v) is 7.49. The monoisotopic (exact) mass is 296 g/mol. The van der Waals surface area contributed by atoms with E-state index in [1.165, 1.54) is 6.07 Å². The molecule has 1 aromatic rings. The van der Waals surface area contributed by atoms with Gasteiger partial charge in [-0.1, -0.05) is 32.9 Å². The van der Waals surface area contributed by atoms with Gasteiger partial charge in [0.2, 0.25) is 0 Å². The summed E-state index contributed by atoms with van der Waals surface area (Å²) in [6.07, 6.45) is 0. The minimum Gasteiger partial charge on any atom is -0.383 e. The van der Waals surface area contributed by atoms with Crippen molar-refractivity contribution in [3.8, 4) is 0 Å². The topological polar surface area (TPSA) is 24.5 Å². The predicted molar refractivity (Wildman–Crippen MR) is 87.3 cm³/mol. The van der Waals surface area contributed by atoms with E-state index in [-0.39, 0.29) is 17.3 Å². The molecule has 0 saturated heterocycles. The van der Waals surface area contributed by atoms with Gasteiger partial charge in [-0.15, -0.1) is 0 Å². The molecule has 0 bridgehead atoms. The SMILES string of the molecule is COCCNCc1cccc(F)c1N(C)C(C)C(C)(C)C. The number of rotatable bonds is 7. The Bertz CT molecular complexity index is 443. The molecule has 1 N–H and O–H groups in total. The van der Waals surface area contributed by atoms with E-state index in [0.717, 1.165) is 12.1 Å².